The van der Waals surface area contributed by atoms with Crippen molar-refractivity contribution in [3.8, 4) is 0 Å². The molecular weight excluding hydrogens is 260 g/mol. The highest BCUT2D eigenvalue weighted by atomic mass is 16.2. The van der Waals surface area contributed by atoms with Gasteiger partial charge in [-0.1, -0.05) is 51.1 Å². The quantitative estimate of drug-likeness (QED) is 0.928. The third-order valence-electron chi connectivity index (χ3n) is 4.99. The summed E-state index contributed by atoms with van der Waals surface area (Å²) < 4.78 is 0. The van der Waals surface area contributed by atoms with Crippen molar-refractivity contribution in [2.24, 2.45) is 23.5 Å². The first kappa shape index (κ1) is 16.0. The number of benzene rings is 1. The molecular formula is C18H28N2O. The van der Waals surface area contributed by atoms with Crippen LogP contribution in [-0.4, -0.2) is 23.4 Å². The molecule has 1 fully saturated rings. The van der Waals surface area contributed by atoms with Gasteiger partial charge >= 0.3 is 0 Å². The number of hydrogen-bond donors (Lipinski definition) is 1. The molecule has 0 bridgehead atoms. The smallest absolute Gasteiger partial charge is 0.227 e. The van der Waals surface area contributed by atoms with Crippen molar-refractivity contribution in [2.75, 3.05) is 6.54 Å². The Kier molecular flexibility index (Phi) is 5.04. The Morgan fingerprint density at radius 3 is 2.48 bits per heavy atom. The largest absolute Gasteiger partial charge is 0.339 e. The zero-order chi connectivity index (χ0) is 15.6. The van der Waals surface area contributed by atoms with E-state index in [0.717, 1.165) is 12.1 Å². The van der Waals surface area contributed by atoms with Crippen molar-refractivity contribution in [1.82, 2.24) is 4.90 Å². The second-order valence-electron chi connectivity index (χ2n) is 6.77. The Morgan fingerprint density at radius 2 is 1.86 bits per heavy atom. The van der Waals surface area contributed by atoms with Crippen LogP contribution in [0.3, 0.4) is 0 Å². The number of rotatable bonds is 3. The molecule has 3 heteroatoms. The summed E-state index contributed by atoms with van der Waals surface area (Å²) in [6, 6.07) is 9.98. The second-order valence-corrected chi connectivity index (χ2v) is 6.77. The summed E-state index contributed by atoms with van der Waals surface area (Å²) in [6.07, 6.45) is 1.20. The van der Waals surface area contributed by atoms with Crippen LogP contribution in [0.15, 0.2) is 30.3 Å². The lowest BCUT2D eigenvalue weighted by Gasteiger charge is -2.42. The van der Waals surface area contributed by atoms with Crippen LogP contribution in [0, 0.1) is 17.8 Å². The molecule has 3 nitrogen and oxygen atoms in total. The van der Waals surface area contributed by atoms with E-state index in [-0.39, 0.29) is 17.9 Å². The van der Waals surface area contributed by atoms with Crippen LogP contribution in [0.1, 0.15) is 45.7 Å². The zero-order valence-corrected chi connectivity index (χ0v) is 13.6. The molecule has 1 heterocycles. The molecule has 5 unspecified atom stereocenters. The first-order valence-electron chi connectivity index (χ1n) is 8.02. The Balaban J connectivity index is 2.11. The lowest BCUT2D eigenvalue weighted by atomic mass is 9.84. The van der Waals surface area contributed by atoms with E-state index in [9.17, 15) is 4.79 Å². The van der Waals surface area contributed by atoms with Gasteiger partial charge in [0.2, 0.25) is 5.91 Å². The molecule has 1 amide bonds. The van der Waals surface area contributed by atoms with Crippen LogP contribution >= 0.6 is 0 Å². The molecule has 1 aliphatic rings. The number of piperidine rings is 1. The highest BCUT2D eigenvalue weighted by Crippen LogP contribution is 2.30. The lowest BCUT2D eigenvalue weighted by Crippen LogP contribution is -2.51. The molecule has 5 atom stereocenters. The van der Waals surface area contributed by atoms with Crippen LogP contribution in [0.4, 0.5) is 0 Å². The van der Waals surface area contributed by atoms with E-state index in [1.807, 2.05) is 42.2 Å². The molecule has 0 saturated carbocycles. The van der Waals surface area contributed by atoms with Gasteiger partial charge in [-0.25, -0.2) is 0 Å². The predicted molar refractivity (Wildman–Crippen MR) is 86.7 cm³/mol. The van der Waals surface area contributed by atoms with Gasteiger partial charge in [-0.3, -0.25) is 4.79 Å². The van der Waals surface area contributed by atoms with Crippen molar-refractivity contribution in [3.05, 3.63) is 35.9 Å². The fraction of sp³-hybridized carbons (Fsp3) is 0.611. The van der Waals surface area contributed by atoms with Crippen LogP contribution in [0.5, 0.6) is 0 Å². The van der Waals surface area contributed by atoms with Crippen LogP contribution in [0.25, 0.3) is 0 Å². The Bertz CT molecular complexity index is 473. The molecule has 1 aliphatic heterocycles. The second kappa shape index (κ2) is 6.61. The number of nitrogens with two attached hydrogens (primary N) is 1. The molecule has 0 aliphatic carbocycles. The van der Waals surface area contributed by atoms with Gasteiger partial charge < -0.3 is 10.6 Å². The zero-order valence-electron chi connectivity index (χ0n) is 13.6. The average molecular weight is 288 g/mol. The molecule has 1 aromatic rings. The minimum absolute atomic E-state index is 0.188. The van der Waals surface area contributed by atoms with Gasteiger partial charge in [-0.05, 0) is 30.7 Å². The summed E-state index contributed by atoms with van der Waals surface area (Å²) >= 11 is 0. The van der Waals surface area contributed by atoms with Crippen LogP contribution < -0.4 is 5.73 Å². The van der Waals surface area contributed by atoms with E-state index in [0.29, 0.717) is 17.9 Å². The minimum atomic E-state index is -0.238. The highest BCUT2D eigenvalue weighted by Gasteiger charge is 2.35. The van der Waals surface area contributed by atoms with Crippen molar-refractivity contribution < 1.29 is 4.79 Å². The highest BCUT2D eigenvalue weighted by molar-refractivity contribution is 5.80. The van der Waals surface area contributed by atoms with Crippen molar-refractivity contribution in [3.63, 3.8) is 0 Å². The van der Waals surface area contributed by atoms with Gasteiger partial charge in [0.1, 0.15) is 0 Å². The summed E-state index contributed by atoms with van der Waals surface area (Å²) in [5, 5.41) is 0. The Morgan fingerprint density at radius 1 is 1.24 bits per heavy atom. The van der Waals surface area contributed by atoms with Crippen LogP contribution in [-0.2, 0) is 4.79 Å². The number of nitrogens with zero attached hydrogens (tertiary/aromatic N) is 1. The maximum absolute atomic E-state index is 12.9. The fourth-order valence-corrected chi connectivity index (χ4v) is 3.39. The van der Waals surface area contributed by atoms with E-state index in [2.05, 4.69) is 20.8 Å². The van der Waals surface area contributed by atoms with Gasteiger partial charge in [0.25, 0.3) is 0 Å². The molecule has 1 aromatic carbocycles. The maximum Gasteiger partial charge on any atom is 0.227 e. The lowest BCUT2D eigenvalue weighted by molar-refractivity contribution is -0.141. The normalized spacial score (nSPS) is 29.0. The van der Waals surface area contributed by atoms with E-state index in [1.165, 1.54) is 6.42 Å². The maximum atomic E-state index is 12.9. The molecule has 0 spiro atoms. The summed E-state index contributed by atoms with van der Waals surface area (Å²) in [5.41, 5.74) is 7.34. The van der Waals surface area contributed by atoms with Gasteiger partial charge in [0.05, 0.1) is 5.92 Å². The first-order chi connectivity index (χ1) is 9.91. The molecule has 1 saturated heterocycles. The number of hydrogen-bond acceptors (Lipinski definition) is 2. The van der Waals surface area contributed by atoms with Crippen molar-refractivity contribution in [1.29, 1.82) is 0 Å². The Labute approximate surface area is 128 Å². The first-order valence-corrected chi connectivity index (χ1v) is 8.02. The minimum Gasteiger partial charge on any atom is -0.339 e. The summed E-state index contributed by atoms with van der Waals surface area (Å²) in [4.78, 5) is 14.9. The number of carbonyl (C=O) groups excluding carboxylic acids is 1. The SMILES string of the molecule is CC1CC(C)C(C)N(C(=O)C(C)C(N)c2ccccc2)C1. The number of carbonyl (C=O) groups is 1. The summed E-state index contributed by atoms with van der Waals surface area (Å²) in [7, 11) is 0. The van der Waals surface area contributed by atoms with Gasteiger partial charge in [-0.15, -0.1) is 0 Å². The summed E-state index contributed by atoms with van der Waals surface area (Å²) in [5.74, 6) is 1.13. The molecule has 0 radical (unpaired) electrons. The predicted octanol–water partition coefficient (Wildman–Crippen LogP) is 3.22. The third kappa shape index (κ3) is 3.46. The summed E-state index contributed by atoms with van der Waals surface area (Å²) in [6.45, 7) is 9.44. The van der Waals surface area contributed by atoms with Gasteiger partial charge in [0.15, 0.2) is 0 Å². The monoisotopic (exact) mass is 288 g/mol. The molecule has 2 rings (SSSR count). The number of amides is 1. The topological polar surface area (TPSA) is 46.3 Å². The molecule has 116 valence electrons. The van der Waals surface area contributed by atoms with Crippen LogP contribution in [0.2, 0.25) is 0 Å². The molecule has 0 aromatic heterocycles. The third-order valence-corrected chi connectivity index (χ3v) is 4.99. The van der Waals surface area contributed by atoms with E-state index in [1.54, 1.807) is 0 Å². The molecule has 21 heavy (non-hydrogen) atoms. The van der Waals surface area contributed by atoms with E-state index < -0.39 is 0 Å². The van der Waals surface area contributed by atoms with Crippen molar-refractivity contribution in [2.45, 2.75) is 46.2 Å². The Hall–Kier alpha value is -1.35. The fourth-order valence-electron chi connectivity index (χ4n) is 3.39. The van der Waals surface area contributed by atoms with E-state index >= 15 is 0 Å². The standard InChI is InChI=1S/C18H28N2O/c1-12-10-13(2)15(4)20(11-12)18(21)14(3)17(19)16-8-6-5-7-9-16/h5-9,12-15,17H,10-11,19H2,1-4H3. The van der Waals surface area contributed by atoms with Crippen molar-refractivity contribution >= 4 is 5.91 Å². The van der Waals surface area contributed by atoms with E-state index in [4.69, 9.17) is 5.73 Å². The number of likely N-dealkylation sites (tertiary alicyclic amines) is 1. The molecule has 2 N–H and O–H groups in total. The van der Waals surface area contributed by atoms with Gasteiger partial charge in [0, 0.05) is 18.6 Å². The van der Waals surface area contributed by atoms with Gasteiger partial charge in [-0.2, -0.15) is 0 Å². The average Bonchev–Trinajstić information content (AvgIpc) is 2.49.